The number of carbonyl (C=O) groups excluding carboxylic acids is 2. The Bertz CT molecular complexity index is 1770. The third-order valence-corrected chi connectivity index (χ3v) is 7.31. The van der Waals surface area contributed by atoms with Crippen LogP contribution in [0.5, 0.6) is 5.75 Å². The Morgan fingerprint density at radius 2 is 1.50 bits per heavy atom. The van der Waals surface area contributed by atoms with Crippen LogP contribution in [0.15, 0.2) is 109 Å². The van der Waals surface area contributed by atoms with Crippen LogP contribution >= 0.6 is 0 Å². The van der Waals surface area contributed by atoms with Crippen LogP contribution in [0, 0.1) is 0 Å². The number of rotatable bonds is 12. The molecule has 0 aliphatic heterocycles. The molecule has 0 saturated heterocycles. The molecule has 0 saturated carbocycles. The van der Waals surface area contributed by atoms with Crippen molar-refractivity contribution in [2.75, 3.05) is 13.2 Å². The van der Waals surface area contributed by atoms with Crippen LogP contribution in [0.4, 0.5) is 0 Å². The Morgan fingerprint density at radius 1 is 0.841 bits per heavy atom. The number of nitrogens with one attached hydrogen (secondary N) is 2. The van der Waals surface area contributed by atoms with Gasteiger partial charge >= 0.3 is 5.97 Å². The zero-order chi connectivity index (χ0) is 30.9. The van der Waals surface area contributed by atoms with Crippen molar-refractivity contribution in [3.63, 3.8) is 0 Å². The average Bonchev–Trinajstić information content (AvgIpc) is 3.05. The smallest absolute Gasteiger partial charge is 0.335 e. The third kappa shape index (κ3) is 6.93. The number of para-hydroxylation sites is 1. The molecular weight excluding hydrogens is 554 g/mol. The van der Waals surface area contributed by atoms with E-state index in [-0.39, 0.29) is 43.0 Å². The van der Waals surface area contributed by atoms with Crippen LogP contribution in [0.25, 0.3) is 22.2 Å². The number of aromatic nitrogens is 1. The van der Waals surface area contributed by atoms with Crippen LogP contribution in [0.2, 0.25) is 0 Å². The van der Waals surface area contributed by atoms with Gasteiger partial charge in [0.25, 0.3) is 5.91 Å². The van der Waals surface area contributed by atoms with Crippen LogP contribution in [-0.4, -0.2) is 41.0 Å². The average molecular weight is 588 g/mol. The van der Waals surface area contributed by atoms with Gasteiger partial charge in [-0.3, -0.25) is 9.59 Å². The number of ether oxygens (including phenoxy) is 1. The molecule has 5 rings (SSSR count). The Morgan fingerprint density at radius 3 is 2.23 bits per heavy atom. The number of pyridine rings is 1. The molecule has 1 heterocycles. The fourth-order valence-electron chi connectivity index (χ4n) is 5.15. The van der Waals surface area contributed by atoms with Crippen molar-refractivity contribution in [1.29, 1.82) is 0 Å². The Balaban J connectivity index is 1.44. The molecule has 1 atom stereocenters. The second kappa shape index (κ2) is 14.1. The summed E-state index contributed by atoms with van der Waals surface area (Å²) >= 11 is 0. The Labute approximate surface area is 255 Å². The number of carbonyl (C=O) groups is 3. The second-order valence-corrected chi connectivity index (χ2v) is 10.2. The molecule has 0 aliphatic carbocycles. The molecule has 3 N–H and O–H groups in total. The van der Waals surface area contributed by atoms with Gasteiger partial charge in [0.15, 0.2) is 5.75 Å². The summed E-state index contributed by atoms with van der Waals surface area (Å²) in [5.41, 5.74) is 3.83. The van der Waals surface area contributed by atoms with Gasteiger partial charge in [-0.05, 0) is 29.7 Å². The molecule has 0 unspecified atom stereocenters. The third-order valence-electron chi connectivity index (χ3n) is 7.31. The highest BCUT2D eigenvalue weighted by atomic mass is 16.5. The van der Waals surface area contributed by atoms with E-state index in [9.17, 15) is 19.5 Å². The van der Waals surface area contributed by atoms with Gasteiger partial charge in [-0.2, -0.15) is 0 Å². The van der Waals surface area contributed by atoms with Gasteiger partial charge < -0.3 is 20.5 Å². The fraction of sp³-hybridized carbons (Fsp3) is 0.167. The summed E-state index contributed by atoms with van der Waals surface area (Å²) in [5, 5.41) is 16.1. The zero-order valence-electron chi connectivity index (χ0n) is 24.3. The topological polar surface area (TPSA) is 118 Å². The molecule has 2 amide bonds. The molecule has 8 nitrogen and oxygen atoms in total. The first-order valence-electron chi connectivity index (χ1n) is 14.5. The van der Waals surface area contributed by atoms with E-state index in [1.54, 1.807) is 18.2 Å². The van der Waals surface area contributed by atoms with Crippen molar-refractivity contribution in [3.05, 3.63) is 131 Å². The van der Waals surface area contributed by atoms with Crippen molar-refractivity contribution < 1.29 is 24.2 Å². The van der Waals surface area contributed by atoms with E-state index in [4.69, 9.17) is 9.72 Å². The van der Waals surface area contributed by atoms with E-state index in [0.29, 0.717) is 39.9 Å². The van der Waals surface area contributed by atoms with Crippen molar-refractivity contribution >= 4 is 28.7 Å². The second-order valence-electron chi connectivity index (χ2n) is 10.2. The van der Waals surface area contributed by atoms with Gasteiger partial charge in [-0.1, -0.05) is 104 Å². The molecule has 5 aromatic rings. The lowest BCUT2D eigenvalue weighted by atomic mass is 10.00. The lowest BCUT2D eigenvalue weighted by molar-refractivity contribution is -0.120. The van der Waals surface area contributed by atoms with Crippen molar-refractivity contribution in [2.45, 2.75) is 25.8 Å². The summed E-state index contributed by atoms with van der Waals surface area (Å²) in [6.07, 6.45) is 0.609. The number of fused-ring (bicyclic) bond motifs is 1. The van der Waals surface area contributed by atoms with E-state index >= 15 is 0 Å². The highest BCUT2D eigenvalue weighted by Gasteiger charge is 2.25. The number of amides is 2. The van der Waals surface area contributed by atoms with E-state index < -0.39 is 5.97 Å². The fourth-order valence-corrected chi connectivity index (χ4v) is 5.15. The number of carboxylic acids is 1. The lowest BCUT2D eigenvalue weighted by Gasteiger charge is -2.21. The molecule has 44 heavy (non-hydrogen) atoms. The molecule has 0 fully saturated rings. The van der Waals surface area contributed by atoms with E-state index in [1.165, 1.54) is 6.07 Å². The minimum absolute atomic E-state index is 0.0579. The lowest BCUT2D eigenvalue weighted by Crippen LogP contribution is -2.31. The summed E-state index contributed by atoms with van der Waals surface area (Å²) in [7, 11) is 0. The summed E-state index contributed by atoms with van der Waals surface area (Å²) in [6, 6.07) is 33.0. The SMILES string of the molecule is CC[C@H](NC(=O)c1c(OCCNC(=O)Cc2ccccc2C(=O)O)c(-c2ccccc2)nc2ccccc12)c1ccccc1. The van der Waals surface area contributed by atoms with Gasteiger partial charge in [-0.25, -0.2) is 9.78 Å². The highest BCUT2D eigenvalue weighted by Crippen LogP contribution is 2.37. The van der Waals surface area contributed by atoms with E-state index in [2.05, 4.69) is 10.6 Å². The number of carboxylic acid groups (broad SMARTS) is 1. The normalized spacial score (nSPS) is 11.5. The van der Waals surface area contributed by atoms with Crippen LogP contribution in [0.1, 0.15) is 51.2 Å². The predicted molar refractivity (Wildman–Crippen MR) is 170 cm³/mol. The van der Waals surface area contributed by atoms with Crippen LogP contribution in [0.3, 0.4) is 0 Å². The first kappa shape index (κ1) is 30.0. The maximum absolute atomic E-state index is 14.1. The highest BCUT2D eigenvalue weighted by molar-refractivity contribution is 6.10. The Hall–Kier alpha value is -5.50. The number of hydrogen-bond donors (Lipinski definition) is 3. The van der Waals surface area contributed by atoms with Gasteiger partial charge in [-0.15, -0.1) is 0 Å². The van der Waals surface area contributed by atoms with Crippen molar-refractivity contribution in [3.8, 4) is 17.0 Å². The molecule has 0 radical (unpaired) electrons. The summed E-state index contributed by atoms with van der Waals surface area (Å²) < 4.78 is 6.30. The molecule has 222 valence electrons. The molecule has 0 spiro atoms. The van der Waals surface area contributed by atoms with Crippen molar-refractivity contribution in [1.82, 2.24) is 15.6 Å². The Kier molecular flexibility index (Phi) is 9.61. The largest absolute Gasteiger partial charge is 0.489 e. The van der Waals surface area contributed by atoms with Crippen LogP contribution < -0.4 is 15.4 Å². The molecule has 0 aliphatic rings. The number of benzene rings is 4. The quantitative estimate of drug-likeness (QED) is 0.149. The minimum atomic E-state index is -1.09. The maximum atomic E-state index is 14.1. The predicted octanol–water partition coefficient (Wildman–Crippen LogP) is 6.22. The zero-order valence-corrected chi connectivity index (χ0v) is 24.3. The van der Waals surface area contributed by atoms with Gasteiger partial charge in [0.05, 0.1) is 35.7 Å². The number of nitrogens with zero attached hydrogens (tertiary/aromatic N) is 1. The monoisotopic (exact) mass is 587 g/mol. The minimum Gasteiger partial charge on any atom is -0.489 e. The standard InChI is InChI=1S/C36H33N3O5/c1-2-29(24-13-5-3-6-14-24)39-35(41)32-28-19-11-12-20-30(28)38-33(25-15-7-4-8-16-25)34(32)44-22-21-37-31(40)23-26-17-9-10-18-27(26)36(42)43/h3-20,29H,2,21-23H2,1H3,(H,37,40)(H,39,41)(H,42,43)/t29-/m0/s1. The summed E-state index contributed by atoms with van der Waals surface area (Å²) in [6.45, 7) is 2.22. The first-order chi connectivity index (χ1) is 21.5. The number of aromatic carboxylic acids is 1. The van der Waals surface area contributed by atoms with E-state index in [0.717, 1.165) is 11.1 Å². The molecule has 4 aromatic carbocycles. The van der Waals surface area contributed by atoms with Gasteiger partial charge in [0.1, 0.15) is 12.3 Å². The number of hydrogen-bond acceptors (Lipinski definition) is 5. The summed E-state index contributed by atoms with van der Waals surface area (Å²) in [4.78, 5) is 43.2. The van der Waals surface area contributed by atoms with Crippen LogP contribution in [-0.2, 0) is 11.2 Å². The molecule has 8 heteroatoms. The van der Waals surface area contributed by atoms with Gasteiger partial charge in [0.2, 0.25) is 5.91 Å². The van der Waals surface area contributed by atoms with Crippen molar-refractivity contribution in [2.24, 2.45) is 0 Å². The first-order valence-corrected chi connectivity index (χ1v) is 14.5. The van der Waals surface area contributed by atoms with E-state index in [1.807, 2.05) is 91.9 Å². The molecule has 1 aromatic heterocycles. The maximum Gasteiger partial charge on any atom is 0.335 e. The molecular formula is C36H33N3O5. The van der Waals surface area contributed by atoms with Gasteiger partial charge in [0, 0.05) is 10.9 Å². The summed E-state index contributed by atoms with van der Waals surface area (Å²) in [5.74, 6) is -1.40. The molecule has 0 bridgehead atoms.